The first kappa shape index (κ1) is 38.7. The summed E-state index contributed by atoms with van der Waals surface area (Å²) in [4.78, 5) is 0. The molecule has 0 radical (unpaired) electrons. The van der Waals surface area contributed by atoms with Crippen LogP contribution in [0.25, 0.3) is 0 Å². The first-order chi connectivity index (χ1) is 21.0. The van der Waals surface area contributed by atoms with Crippen molar-refractivity contribution in [1.29, 1.82) is 0 Å². The van der Waals surface area contributed by atoms with Gasteiger partial charge in [-0.05, 0) is 97.5 Å². The van der Waals surface area contributed by atoms with Gasteiger partial charge in [0.1, 0.15) is 0 Å². The largest absolute Gasteiger partial charge is 0.414 e. The predicted octanol–water partition coefficient (Wildman–Crippen LogP) is 11.5. The zero-order valence-electron chi connectivity index (χ0n) is 32.5. The lowest BCUT2D eigenvalue weighted by atomic mass is 9.49. The van der Waals surface area contributed by atoms with Crippen LogP contribution in [0, 0.1) is 34.5 Å². The quantitative estimate of drug-likeness (QED) is 0.136. The molecule has 0 amide bonds. The van der Waals surface area contributed by atoms with Gasteiger partial charge < -0.3 is 14.0 Å². The molecule has 4 aliphatic carbocycles. The fourth-order valence-electron chi connectivity index (χ4n) is 9.25. The summed E-state index contributed by atoms with van der Waals surface area (Å²) in [6, 6.07) is 0. The standard InChI is InChI=1S/C40H72O3SSi2/c1-16-27(17-2)35(41)36(44)26(3)31-20-21-32-30-19-18-28-24-29(42-45(12,13)37(4,5)6)25-34(43-46(14,15)38(7,8)9)40(28,11)33(30)22-23-39(31,32)10/h18-20,26-27,29,32-36,41,44H,16-17,21-25H2,1-15H3/t26?,29?,32-,33-,34?,35-,36?,39+,40-/m0/s1. The summed E-state index contributed by atoms with van der Waals surface area (Å²) in [5.74, 6) is 1.58. The molecule has 2 saturated carbocycles. The third-order valence-corrected chi connectivity index (χ3v) is 24.4. The van der Waals surface area contributed by atoms with Crippen molar-refractivity contribution in [2.45, 2.75) is 181 Å². The summed E-state index contributed by atoms with van der Waals surface area (Å²) in [5.41, 5.74) is 4.87. The normalized spacial score (nSPS) is 34.2. The molecule has 0 heterocycles. The van der Waals surface area contributed by atoms with Gasteiger partial charge in [-0.25, -0.2) is 0 Å². The number of aliphatic hydroxyl groups is 1. The number of hydrogen-bond donors (Lipinski definition) is 2. The Hall–Kier alpha value is -0.116. The summed E-state index contributed by atoms with van der Waals surface area (Å²) < 4.78 is 14.7. The molecule has 0 bridgehead atoms. The van der Waals surface area contributed by atoms with Crippen LogP contribution in [0.1, 0.15) is 121 Å². The molecule has 2 fully saturated rings. The number of fused-ring (bicyclic) bond motifs is 5. The van der Waals surface area contributed by atoms with Crippen LogP contribution < -0.4 is 0 Å². The molecule has 0 aromatic carbocycles. The van der Waals surface area contributed by atoms with Gasteiger partial charge >= 0.3 is 0 Å². The Balaban J connectivity index is 1.69. The van der Waals surface area contributed by atoms with Crippen LogP contribution in [0.5, 0.6) is 0 Å². The second-order valence-corrected chi connectivity index (χ2v) is 29.4. The van der Waals surface area contributed by atoms with E-state index in [1.165, 1.54) is 12.8 Å². The van der Waals surface area contributed by atoms with Crippen molar-refractivity contribution in [3.8, 4) is 0 Å². The van der Waals surface area contributed by atoms with Gasteiger partial charge in [0.25, 0.3) is 0 Å². The Bertz CT molecular complexity index is 1200. The van der Waals surface area contributed by atoms with Crippen molar-refractivity contribution in [2.24, 2.45) is 34.5 Å². The van der Waals surface area contributed by atoms with Gasteiger partial charge in [-0.15, -0.1) is 0 Å². The van der Waals surface area contributed by atoms with Crippen molar-refractivity contribution in [2.75, 3.05) is 0 Å². The molecule has 1 N–H and O–H groups in total. The van der Waals surface area contributed by atoms with Crippen LogP contribution in [0.2, 0.25) is 36.3 Å². The maximum atomic E-state index is 11.3. The van der Waals surface area contributed by atoms with Crippen LogP contribution in [0.4, 0.5) is 0 Å². The predicted molar refractivity (Wildman–Crippen MR) is 207 cm³/mol. The molecule has 0 aromatic rings. The van der Waals surface area contributed by atoms with Crippen molar-refractivity contribution in [3.63, 3.8) is 0 Å². The Morgan fingerprint density at radius 3 is 2.04 bits per heavy atom. The zero-order valence-corrected chi connectivity index (χ0v) is 35.4. The summed E-state index contributed by atoms with van der Waals surface area (Å²) in [6.45, 7) is 35.7. The van der Waals surface area contributed by atoms with E-state index in [-0.39, 0.29) is 50.4 Å². The molecular formula is C40H72O3SSi2. The summed E-state index contributed by atoms with van der Waals surface area (Å²) >= 11 is 5.10. The number of thiol groups is 1. The highest BCUT2D eigenvalue weighted by Gasteiger charge is 2.59. The van der Waals surface area contributed by atoms with Crippen LogP contribution in [-0.2, 0) is 8.85 Å². The van der Waals surface area contributed by atoms with E-state index in [2.05, 4.69) is 121 Å². The Kier molecular flexibility index (Phi) is 11.1. The molecule has 264 valence electrons. The second kappa shape index (κ2) is 13.2. The molecule has 0 aliphatic heterocycles. The van der Waals surface area contributed by atoms with Gasteiger partial charge in [0.2, 0.25) is 0 Å². The highest BCUT2D eigenvalue weighted by atomic mass is 32.1. The Morgan fingerprint density at radius 1 is 0.935 bits per heavy atom. The monoisotopic (exact) mass is 688 g/mol. The van der Waals surface area contributed by atoms with Crippen LogP contribution in [0.3, 0.4) is 0 Å². The van der Waals surface area contributed by atoms with E-state index in [4.69, 9.17) is 21.5 Å². The fourth-order valence-corrected chi connectivity index (χ4v) is 12.4. The van der Waals surface area contributed by atoms with Crippen molar-refractivity contribution in [3.05, 3.63) is 34.9 Å². The minimum absolute atomic E-state index is 0.0135. The van der Waals surface area contributed by atoms with Gasteiger partial charge in [-0.3, -0.25) is 0 Å². The zero-order chi connectivity index (χ0) is 34.8. The van der Waals surface area contributed by atoms with Crippen LogP contribution in [0.15, 0.2) is 34.9 Å². The number of hydrogen-bond acceptors (Lipinski definition) is 4. The Morgan fingerprint density at radius 2 is 1.50 bits per heavy atom. The van der Waals surface area contributed by atoms with E-state index in [1.54, 1.807) is 16.7 Å². The van der Waals surface area contributed by atoms with E-state index >= 15 is 0 Å². The maximum Gasteiger partial charge on any atom is 0.192 e. The number of aliphatic hydroxyl groups excluding tert-OH is 1. The van der Waals surface area contributed by atoms with E-state index in [0.717, 1.165) is 32.1 Å². The minimum atomic E-state index is -2.04. The molecule has 4 unspecified atom stereocenters. The summed E-state index contributed by atoms with van der Waals surface area (Å²) in [7, 11) is -3.96. The Labute approximate surface area is 292 Å². The minimum Gasteiger partial charge on any atom is -0.414 e. The molecule has 4 rings (SSSR count). The van der Waals surface area contributed by atoms with Gasteiger partial charge in [-0.2, -0.15) is 12.6 Å². The SMILES string of the molecule is CCC(CC)[C@H](O)C(S)C(C)C1=CC[C@H]2C3=CC=C4CC(O[Si](C)(C)C(C)(C)C)CC(O[Si](C)(C)C(C)(C)C)[C@]4(C)[C@H]3CC[C@]12C. The van der Waals surface area contributed by atoms with Gasteiger partial charge in [0.05, 0.1) is 18.3 Å². The topological polar surface area (TPSA) is 38.7 Å². The molecule has 46 heavy (non-hydrogen) atoms. The van der Waals surface area contributed by atoms with Crippen molar-refractivity contribution < 1.29 is 14.0 Å². The first-order valence-corrected chi connectivity index (χ1v) is 25.1. The van der Waals surface area contributed by atoms with Crippen LogP contribution >= 0.6 is 12.6 Å². The third kappa shape index (κ3) is 6.68. The van der Waals surface area contributed by atoms with E-state index in [1.807, 2.05) is 0 Å². The first-order valence-electron chi connectivity index (χ1n) is 18.8. The molecule has 4 aliphatic rings. The summed E-state index contributed by atoms with van der Waals surface area (Å²) in [5, 5.41) is 11.6. The fraction of sp³-hybridized carbons (Fsp3) is 0.850. The highest BCUT2D eigenvalue weighted by molar-refractivity contribution is 7.81. The van der Waals surface area contributed by atoms with E-state index < -0.39 is 16.6 Å². The average molecular weight is 689 g/mol. The van der Waals surface area contributed by atoms with Gasteiger partial charge in [0, 0.05) is 10.7 Å². The van der Waals surface area contributed by atoms with Gasteiger partial charge in [-0.1, -0.05) is 124 Å². The van der Waals surface area contributed by atoms with Crippen molar-refractivity contribution in [1.82, 2.24) is 0 Å². The molecule has 6 heteroatoms. The molecule has 0 aromatic heterocycles. The second-order valence-electron chi connectivity index (χ2n) is 19.3. The summed E-state index contributed by atoms with van der Waals surface area (Å²) in [6.07, 6.45) is 15.1. The smallest absolute Gasteiger partial charge is 0.192 e. The average Bonchev–Trinajstić information content (AvgIpc) is 3.29. The lowest BCUT2D eigenvalue weighted by Gasteiger charge is -2.59. The molecular weight excluding hydrogens is 617 g/mol. The molecule has 0 spiro atoms. The van der Waals surface area contributed by atoms with E-state index in [0.29, 0.717) is 17.8 Å². The highest BCUT2D eigenvalue weighted by Crippen LogP contribution is 2.65. The molecule has 9 atom stereocenters. The number of allylic oxidation sites excluding steroid dienone is 5. The van der Waals surface area contributed by atoms with E-state index in [9.17, 15) is 5.11 Å². The lowest BCUT2D eigenvalue weighted by molar-refractivity contribution is -0.0390. The number of rotatable bonds is 10. The van der Waals surface area contributed by atoms with Crippen LogP contribution in [-0.4, -0.2) is 45.3 Å². The third-order valence-electron chi connectivity index (χ3n) is 14.6. The lowest BCUT2D eigenvalue weighted by Crippen LogP contribution is -2.58. The maximum absolute atomic E-state index is 11.3. The van der Waals surface area contributed by atoms with Crippen molar-refractivity contribution >= 4 is 29.3 Å². The molecule has 0 saturated heterocycles. The molecule has 3 nitrogen and oxygen atoms in total. The van der Waals surface area contributed by atoms with Gasteiger partial charge in [0.15, 0.2) is 16.6 Å².